The van der Waals surface area contributed by atoms with E-state index in [2.05, 4.69) is 9.97 Å². The van der Waals surface area contributed by atoms with Crippen LogP contribution in [-0.2, 0) is 0 Å². The van der Waals surface area contributed by atoms with Crippen molar-refractivity contribution < 1.29 is 4.79 Å². The van der Waals surface area contributed by atoms with Crippen molar-refractivity contribution in [2.75, 3.05) is 7.05 Å². The van der Waals surface area contributed by atoms with Crippen LogP contribution in [0.5, 0.6) is 0 Å². The summed E-state index contributed by atoms with van der Waals surface area (Å²) in [7, 11) is 1.76. The summed E-state index contributed by atoms with van der Waals surface area (Å²) in [5.74, 6) is 0.342. The number of aromatic nitrogens is 2. The molecular formula is C17H19N3O2. The molecule has 1 N–H and O–H groups in total. The Kier molecular flexibility index (Phi) is 3.79. The minimum atomic E-state index is -0.372. The average Bonchev–Trinajstić information content (AvgIpc) is 3.38. The summed E-state index contributed by atoms with van der Waals surface area (Å²) in [4.78, 5) is 33.3. The lowest BCUT2D eigenvalue weighted by atomic mass is 10.1. The van der Waals surface area contributed by atoms with Crippen LogP contribution >= 0.6 is 0 Å². The fraction of sp³-hybridized carbons (Fsp3) is 0.353. The van der Waals surface area contributed by atoms with E-state index in [0.29, 0.717) is 17.3 Å². The van der Waals surface area contributed by atoms with Gasteiger partial charge in [0.25, 0.3) is 11.5 Å². The molecule has 0 spiro atoms. The molecule has 5 nitrogen and oxygen atoms in total. The molecule has 22 heavy (non-hydrogen) atoms. The molecule has 0 saturated heterocycles. The van der Waals surface area contributed by atoms with Gasteiger partial charge in [0, 0.05) is 19.3 Å². The monoisotopic (exact) mass is 297 g/mol. The second-order valence-electron chi connectivity index (χ2n) is 5.82. The lowest BCUT2D eigenvalue weighted by molar-refractivity contribution is 0.0725. The number of nitrogens with one attached hydrogen (secondary N) is 1. The van der Waals surface area contributed by atoms with Gasteiger partial charge < -0.3 is 9.88 Å². The van der Waals surface area contributed by atoms with E-state index in [1.165, 1.54) is 0 Å². The predicted molar refractivity (Wildman–Crippen MR) is 84.6 cm³/mol. The van der Waals surface area contributed by atoms with Crippen molar-refractivity contribution in [3.63, 3.8) is 0 Å². The van der Waals surface area contributed by atoms with Gasteiger partial charge in [-0.2, -0.15) is 0 Å². The summed E-state index contributed by atoms with van der Waals surface area (Å²) in [6.07, 6.45) is 3.99. The zero-order chi connectivity index (χ0) is 15.7. The van der Waals surface area contributed by atoms with Crippen molar-refractivity contribution in [1.82, 2.24) is 14.9 Å². The molecule has 2 heterocycles. The van der Waals surface area contributed by atoms with Crippen molar-refractivity contribution in [3.05, 3.63) is 52.4 Å². The second kappa shape index (κ2) is 5.75. The van der Waals surface area contributed by atoms with E-state index < -0.39 is 0 Å². The highest BCUT2D eigenvalue weighted by Crippen LogP contribution is 2.34. The Labute approximate surface area is 129 Å². The van der Waals surface area contributed by atoms with Crippen molar-refractivity contribution in [1.29, 1.82) is 0 Å². The molecule has 0 radical (unpaired) electrons. The van der Waals surface area contributed by atoms with Crippen LogP contribution in [-0.4, -0.2) is 33.9 Å². The Morgan fingerprint density at radius 1 is 1.32 bits per heavy atom. The quantitative estimate of drug-likeness (QED) is 0.941. The first-order valence-corrected chi connectivity index (χ1v) is 7.50. The van der Waals surface area contributed by atoms with Crippen molar-refractivity contribution in [2.45, 2.75) is 25.8 Å². The van der Waals surface area contributed by atoms with Gasteiger partial charge >= 0.3 is 0 Å². The van der Waals surface area contributed by atoms with E-state index in [-0.39, 0.29) is 23.1 Å². The van der Waals surface area contributed by atoms with Gasteiger partial charge in [-0.25, -0.2) is 0 Å². The first-order chi connectivity index (χ1) is 10.6. The molecule has 0 unspecified atom stereocenters. The van der Waals surface area contributed by atoms with E-state index in [9.17, 15) is 9.59 Å². The maximum Gasteiger partial charge on any atom is 0.261 e. The molecule has 1 saturated carbocycles. The van der Waals surface area contributed by atoms with Gasteiger partial charge in [-0.05, 0) is 49.9 Å². The molecule has 1 aliphatic carbocycles. The third-order valence-electron chi connectivity index (χ3n) is 4.32. The first-order valence-electron chi connectivity index (χ1n) is 7.50. The number of aromatic amines is 1. The molecule has 114 valence electrons. The van der Waals surface area contributed by atoms with Gasteiger partial charge in [0.05, 0.1) is 11.4 Å². The molecule has 1 fully saturated rings. The summed E-state index contributed by atoms with van der Waals surface area (Å²) in [5, 5.41) is 0. The second-order valence-corrected chi connectivity index (χ2v) is 5.82. The van der Waals surface area contributed by atoms with Crippen LogP contribution < -0.4 is 5.56 Å². The topological polar surface area (TPSA) is 66.1 Å². The standard InChI is InChI=1S/C17H19N3O2/c1-11(12-6-7-12)20(2)17(22)13-8-9-15(19-16(13)21)14-5-3-4-10-18-14/h3-5,8-12H,6-7H2,1-2H3,(H,19,21)/t11-/m0/s1. The third kappa shape index (κ3) is 2.79. The molecule has 2 aromatic heterocycles. The molecule has 2 aromatic rings. The molecule has 5 heteroatoms. The maximum atomic E-state index is 12.5. The van der Waals surface area contributed by atoms with E-state index in [0.717, 1.165) is 12.8 Å². The highest BCUT2D eigenvalue weighted by molar-refractivity contribution is 5.94. The van der Waals surface area contributed by atoms with Crippen LogP contribution in [0.3, 0.4) is 0 Å². The summed E-state index contributed by atoms with van der Waals surface area (Å²) in [6.45, 7) is 2.03. The smallest absolute Gasteiger partial charge is 0.261 e. The van der Waals surface area contributed by atoms with Crippen LogP contribution in [0.15, 0.2) is 41.3 Å². The fourth-order valence-corrected chi connectivity index (χ4v) is 2.58. The zero-order valence-corrected chi connectivity index (χ0v) is 12.7. The molecule has 0 aliphatic heterocycles. The number of hydrogen-bond donors (Lipinski definition) is 1. The SMILES string of the molecule is C[C@@H](C1CC1)N(C)C(=O)c1ccc(-c2ccccn2)[nH]c1=O. The number of hydrogen-bond acceptors (Lipinski definition) is 3. The third-order valence-corrected chi connectivity index (χ3v) is 4.32. The van der Waals surface area contributed by atoms with Crippen molar-refractivity contribution >= 4 is 5.91 Å². The molecule has 0 bridgehead atoms. The zero-order valence-electron chi connectivity index (χ0n) is 12.7. The minimum absolute atomic E-state index is 0.169. The van der Waals surface area contributed by atoms with Crippen LogP contribution in [0.25, 0.3) is 11.4 Å². The Morgan fingerprint density at radius 2 is 2.09 bits per heavy atom. The normalized spacial score (nSPS) is 15.4. The van der Waals surface area contributed by atoms with Gasteiger partial charge in [0.2, 0.25) is 0 Å². The van der Waals surface area contributed by atoms with Gasteiger partial charge in [0.1, 0.15) is 5.56 Å². The van der Waals surface area contributed by atoms with E-state index in [1.807, 2.05) is 25.1 Å². The maximum absolute atomic E-state index is 12.5. The predicted octanol–water partition coefficient (Wildman–Crippen LogP) is 2.31. The molecule has 0 aromatic carbocycles. The number of pyridine rings is 2. The highest BCUT2D eigenvalue weighted by Gasteiger charge is 2.33. The van der Waals surface area contributed by atoms with Gasteiger partial charge in [-0.15, -0.1) is 0 Å². The van der Waals surface area contributed by atoms with E-state index >= 15 is 0 Å². The lowest BCUT2D eigenvalue weighted by Crippen LogP contribution is -2.39. The Balaban J connectivity index is 1.86. The number of carbonyl (C=O) groups is 1. The number of H-pyrrole nitrogens is 1. The Hall–Kier alpha value is -2.43. The minimum Gasteiger partial charge on any atom is -0.339 e. The highest BCUT2D eigenvalue weighted by atomic mass is 16.2. The van der Waals surface area contributed by atoms with Crippen molar-refractivity contribution in [3.8, 4) is 11.4 Å². The molecular weight excluding hydrogens is 278 g/mol. The summed E-state index contributed by atoms with van der Waals surface area (Å²) < 4.78 is 0. The molecule has 1 aliphatic rings. The van der Waals surface area contributed by atoms with Gasteiger partial charge in [0.15, 0.2) is 0 Å². The number of rotatable bonds is 4. The summed E-state index contributed by atoms with van der Waals surface area (Å²) >= 11 is 0. The lowest BCUT2D eigenvalue weighted by Gasteiger charge is -2.24. The average molecular weight is 297 g/mol. The molecule has 1 atom stereocenters. The molecule has 3 rings (SSSR count). The van der Waals surface area contributed by atoms with E-state index in [4.69, 9.17) is 0 Å². The Morgan fingerprint density at radius 3 is 2.68 bits per heavy atom. The summed E-state index contributed by atoms with van der Waals surface area (Å²) in [6, 6.07) is 8.96. The fourth-order valence-electron chi connectivity index (χ4n) is 2.58. The Bertz CT molecular complexity index is 735. The largest absolute Gasteiger partial charge is 0.339 e. The van der Waals surface area contributed by atoms with Crippen LogP contribution in [0, 0.1) is 5.92 Å². The van der Waals surface area contributed by atoms with Crippen LogP contribution in [0.4, 0.5) is 0 Å². The van der Waals surface area contributed by atoms with Gasteiger partial charge in [-0.1, -0.05) is 6.07 Å². The van der Waals surface area contributed by atoms with E-state index in [1.54, 1.807) is 30.3 Å². The van der Waals surface area contributed by atoms with Crippen LogP contribution in [0.1, 0.15) is 30.1 Å². The first kappa shape index (κ1) is 14.5. The summed E-state index contributed by atoms with van der Waals surface area (Å²) in [5.41, 5.74) is 1.09. The number of amides is 1. The number of nitrogens with zero attached hydrogens (tertiary/aromatic N) is 2. The molecule has 1 amide bonds. The number of carbonyl (C=O) groups excluding carboxylic acids is 1. The van der Waals surface area contributed by atoms with Gasteiger partial charge in [-0.3, -0.25) is 14.6 Å². The van der Waals surface area contributed by atoms with Crippen LogP contribution in [0.2, 0.25) is 0 Å². The van der Waals surface area contributed by atoms with Crippen molar-refractivity contribution in [2.24, 2.45) is 5.92 Å².